The summed E-state index contributed by atoms with van der Waals surface area (Å²) in [4.78, 5) is 27.4. The van der Waals surface area contributed by atoms with Crippen molar-refractivity contribution < 1.29 is 14.3 Å². The number of methoxy groups -OCH3 is 1. The Bertz CT molecular complexity index is 460. The number of amides is 1. The fraction of sp³-hybridized carbons (Fsp3) is 0.462. The van der Waals surface area contributed by atoms with E-state index in [1.807, 2.05) is 13.8 Å². The molecule has 3 N–H and O–H groups in total. The lowest BCUT2D eigenvalue weighted by Gasteiger charge is -2.18. The van der Waals surface area contributed by atoms with Gasteiger partial charge in [-0.25, -0.2) is 4.79 Å². The molecule has 1 atom stereocenters. The van der Waals surface area contributed by atoms with Crippen LogP contribution < -0.4 is 11.1 Å². The molecule has 0 aromatic carbocycles. The lowest BCUT2D eigenvalue weighted by atomic mass is 10.0. The molecule has 0 aliphatic heterocycles. The third-order valence-electron chi connectivity index (χ3n) is 2.52. The number of carbonyl (C=O) groups is 2. The van der Waals surface area contributed by atoms with Crippen LogP contribution in [0.1, 0.15) is 30.6 Å². The highest BCUT2D eigenvalue weighted by Crippen LogP contribution is 2.09. The number of esters is 1. The highest BCUT2D eigenvalue weighted by molar-refractivity contribution is 5.97. The predicted molar refractivity (Wildman–Crippen MR) is 71.4 cm³/mol. The van der Waals surface area contributed by atoms with E-state index in [0.29, 0.717) is 17.7 Å². The van der Waals surface area contributed by atoms with Gasteiger partial charge in [0.25, 0.3) is 5.91 Å². The Kier molecular flexibility index (Phi) is 5.29. The number of nitrogens with zero attached hydrogens (tertiary/aromatic N) is 1. The maximum atomic E-state index is 12.0. The normalized spacial score (nSPS) is 12.0. The fourth-order valence-electron chi connectivity index (χ4n) is 1.65. The van der Waals surface area contributed by atoms with Crippen molar-refractivity contribution in [2.45, 2.75) is 26.3 Å². The van der Waals surface area contributed by atoms with Crippen molar-refractivity contribution in [3.63, 3.8) is 0 Å². The first kappa shape index (κ1) is 14.9. The van der Waals surface area contributed by atoms with Crippen LogP contribution in [0.5, 0.6) is 0 Å². The van der Waals surface area contributed by atoms with Gasteiger partial charge in [0, 0.05) is 12.4 Å². The van der Waals surface area contributed by atoms with Gasteiger partial charge in [-0.05, 0) is 18.4 Å². The third-order valence-corrected chi connectivity index (χ3v) is 2.52. The van der Waals surface area contributed by atoms with Crippen molar-refractivity contribution in [3.05, 3.63) is 24.0 Å². The first-order chi connectivity index (χ1) is 8.93. The van der Waals surface area contributed by atoms with Gasteiger partial charge in [-0.3, -0.25) is 9.78 Å². The van der Waals surface area contributed by atoms with E-state index in [1.165, 1.54) is 25.6 Å². The Morgan fingerprint density at radius 3 is 2.63 bits per heavy atom. The predicted octanol–water partition coefficient (Wildman–Crippen LogP) is 0.981. The summed E-state index contributed by atoms with van der Waals surface area (Å²) < 4.78 is 4.68. The first-order valence-electron chi connectivity index (χ1n) is 6.03. The van der Waals surface area contributed by atoms with Crippen molar-refractivity contribution in [1.82, 2.24) is 10.3 Å². The number of nitrogen functional groups attached to an aromatic ring is 1. The van der Waals surface area contributed by atoms with Crippen LogP contribution in [0.3, 0.4) is 0 Å². The molecule has 0 bridgehead atoms. The molecule has 1 unspecified atom stereocenters. The summed E-state index contributed by atoms with van der Waals surface area (Å²) in [7, 11) is 1.30. The number of pyridine rings is 1. The summed E-state index contributed by atoms with van der Waals surface area (Å²) in [6, 6.07) is 0.838. The van der Waals surface area contributed by atoms with Crippen LogP contribution in [-0.4, -0.2) is 30.0 Å². The molecule has 6 heteroatoms. The van der Waals surface area contributed by atoms with Gasteiger partial charge in [-0.15, -0.1) is 0 Å². The van der Waals surface area contributed by atoms with Crippen molar-refractivity contribution in [1.29, 1.82) is 0 Å². The van der Waals surface area contributed by atoms with Crippen molar-refractivity contribution in [2.24, 2.45) is 5.92 Å². The van der Waals surface area contributed by atoms with Crippen molar-refractivity contribution in [3.8, 4) is 0 Å². The summed E-state index contributed by atoms with van der Waals surface area (Å²) in [6.45, 7) is 3.92. The molecule has 1 aromatic rings. The zero-order chi connectivity index (χ0) is 14.4. The van der Waals surface area contributed by atoms with Crippen LogP contribution in [0.25, 0.3) is 0 Å². The molecule has 0 fully saturated rings. The molecule has 0 aliphatic carbocycles. The lowest BCUT2D eigenvalue weighted by Crippen LogP contribution is -2.42. The van der Waals surface area contributed by atoms with E-state index in [2.05, 4.69) is 15.0 Å². The SMILES string of the molecule is COC(=O)C(CC(C)C)NC(=O)c1cncc(N)c1. The van der Waals surface area contributed by atoms with Crippen molar-refractivity contribution >= 4 is 17.6 Å². The Labute approximate surface area is 112 Å². The molecule has 104 valence electrons. The quantitative estimate of drug-likeness (QED) is 0.774. The second-order valence-electron chi connectivity index (χ2n) is 4.69. The zero-order valence-electron chi connectivity index (χ0n) is 11.3. The maximum absolute atomic E-state index is 12.0. The van der Waals surface area contributed by atoms with Gasteiger partial charge in [0.05, 0.1) is 18.4 Å². The van der Waals surface area contributed by atoms with Gasteiger partial charge < -0.3 is 15.8 Å². The maximum Gasteiger partial charge on any atom is 0.328 e. The molecule has 0 aliphatic rings. The van der Waals surface area contributed by atoms with Crippen LogP contribution >= 0.6 is 0 Å². The summed E-state index contributed by atoms with van der Waals surface area (Å²) >= 11 is 0. The summed E-state index contributed by atoms with van der Waals surface area (Å²) in [5.41, 5.74) is 6.27. The third kappa shape index (κ3) is 4.57. The number of nitrogens with two attached hydrogens (primary N) is 1. The molecule has 6 nitrogen and oxygen atoms in total. The molecule has 1 aromatic heterocycles. The topological polar surface area (TPSA) is 94.3 Å². The number of hydrogen-bond acceptors (Lipinski definition) is 5. The standard InChI is InChI=1S/C13H19N3O3/c1-8(2)4-11(13(18)19-3)16-12(17)9-5-10(14)7-15-6-9/h5-8,11H,4,14H2,1-3H3,(H,16,17). The smallest absolute Gasteiger partial charge is 0.328 e. The average molecular weight is 265 g/mol. The van der Waals surface area contributed by atoms with E-state index in [9.17, 15) is 9.59 Å². The highest BCUT2D eigenvalue weighted by Gasteiger charge is 2.23. The Balaban J connectivity index is 2.78. The van der Waals surface area contributed by atoms with E-state index in [4.69, 9.17) is 5.73 Å². The van der Waals surface area contributed by atoms with Gasteiger partial charge in [-0.1, -0.05) is 13.8 Å². The Morgan fingerprint density at radius 1 is 1.42 bits per heavy atom. The van der Waals surface area contributed by atoms with Crippen LogP contribution in [0.15, 0.2) is 18.5 Å². The molecule has 19 heavy (non-hydrogen) atoms. The van der Waals surface area contributed by atoms with E-state index in [-0.39, 0.29) is 5.92 Å². The minimum Gasteiger partial charge on any atom is -0.467 e. The zero-order valence-corrected chi connectivity index (χ0v) is 11.3. The monoisotopic (exact) mass is 265 g/mol. The van der Waals surface area contributed by atoms with E-state index in [1.54, 1.807) is 0 Å². The Hall–Kier alpha value is -2.11. The number of rotatable bonds is 5. The molecule has 0 radical (unpaired) electrons. The van der Waals surface area contributed by atoms with Gasteiger partial charge in [-0.2, -0.15) is 0 Å². The average Bonchev–Trinajstić information content (AvgIpc) is 2.36. The number of carbonyl (C=O) groups excluding carboxylic acids is 2. The van der Waals surface area contributed by atoms with Gasteiger partial charge in [0.1, 0.15) is 6.04 Å². The van der Waals surface area contributed by atoms with Gasteiger partial charge in [0.15, 0.2) is 0 Å². The van der Waals surface area contributed by atoms with Crippen LogP contribution in [0, 0.1) is 5.92 Å². The first-order valence-corrected chi connectivity index (χ1v) is 6.03. The minimum atomic E-state index is -0.668. The van der Waals surface area contributed by atoms with Crippen LogP contribution in [0.2, 0.25) is 0 Å². The Morgan fingerprint density at radius 2 is 2.11 bits per heavy atom. The molecule has 0 saturated heterocycles. The minimum absolute atomic E-state index is 0.253. The second kappa shape index (κ2) is 6.72. The second-order valence-corrected chi connectivity index (χ2v) is 4.69. The van der Waals surface area contributed by atoms with Gasteiger partial charge >= 0.3 is 5.97 Å². The molecule has 0 saturated carbocycles. The van der Waals surface area contributed by atoms with E-state index < -0.39 is 17.9 Å². The van der Waals surface area contributed by atoms with Crippen LogP contribution in [0.4, 0.5) is 5.69 Å². The van der Waals surface area contributed by atoms with Crippen LogP contribution in [-0.2, 0) is 9.53 Å². The summed E-state index contributed by atoms with van der Waals surface area (Å²) in [5, 5.41) is 2.63. The molecule has 0 spiro atoms. The van der Waals surface area contributed by atoms with Crippen molar-refractivity contribution in [2.75, 3.05) is 12.8 Å². The molecule has 1 amide bonds. The molecular weight excluding hydrogens is 246 g/mol. The number of anilines is 1. The number of ether oxygens (including phenoxy) is 1. The van der Waals surface area contributed by atoms with E-state index >= 15 is 0 Å². The summed E-state index contributed by atoms with van der Waals surface area (Å²) in [5.74, 6) is -0.599. The number of hydrogen-bond donors (Lipinski definition) is 2. The molecule has 1 rings (SSSR count). The molecule has 1 heterocycles. The fourth-order valence-corrected chi connectivity index (χ4v) is 1.65. The number of aromatic nitrogens is 1. The molecular formula is C13H19N3O3. The van der Waals surface area contributed by atoms with E-state index in [0.717, 1.165) is 0 Å². The lowest BCUT2D eigenvalue weighted by molar-refractivity contribution is -0.143. The summed E-state index contributed by atoms with van der Waals surface area (Å²) in [6.07, 6.45) is 3.35. The number of nitrogens with one attached hydrogen (secondary N) is 1. The highest BCUT2D eigenvalue weighted by atomic mass is 16.5. The van der Waals surface area contributed by atoms with Gasteiger partial charge in [0.2, 0.25) is 0 Å². The largest absolute Gasteiger partial charge is 0.467 e.